The highest BCUT2D eigenvalue weighted by molar-refractivity contribution is 5.56. The van der Waals surface area contributed by atoms with E-state index < -0.39 is 0 Å². The lowest BCUT2D eigenvalue weighted by molar-refractivity contribution is 0.568. The van der Waals surface area contributed by atoms with Gasteiger partial charge in [-0.25, -0.2) is 0 Å². The van der Waals surface area contributed by atoms with Gasteiger partial charge in [-0.3, -0.25) is 0 Å². The van der Waals surface area contributed by atoms with Crippen LogP contribution in [0, 0.1) is 0 Å². The van der Waals surface area contributed by atoms with E-state index in [4.69, 9.17) is 0 Å². The van der Waals surface area contributed by atoms with Crippen LogP contribution in [0.3, 0.4) is 0 Å². The Kier molecular flexibility index (Phi) is 5.24. The summed E-state index contributed by atoms with van der Waals surface area (Å²) in [7, 11) is 0. The van der Waals surface area contributed by atoms with Crippen LogP contribution in [0.25, 0.3) is 6.08 Å². The molecule has 0 heteroatoms. The van der Waals surface area contributed by atoms with Gasteiger partial charge in [0.05, 0.1) is 0 Å². The quantitative estimate of drug-likeness (QED) is 0.590. The van der Waals surface area contributed by atoms with Crippen molar-refractivity contribution in [2.75, 3.05) is 0 Å². The molecule has 0 radical (unpaired) electrons. The molecular weight excluding hydrogens is 240 g/mol. The van der Waals surface area contributed by atoms with Gasteiger partial charge in [0.25, 0.3) is 0 Å². The van der Waals surface area contributed by atoms with Crippen LogP contribution in [0.15, 0.2) is 23.8 Å². The Labute approximate surface area is 126 Å². The summed E-state index contributed by atoms with van der Waals surface area (Å²) in [6.07, 6.45) is 4.76. The van der Waals surface area contributed by atoms with Crippen molar-refractivity contribution in [1.82, 2.24) is 0 Å². The van der Waals surface area contributed by atoms with Gasteiger partial charge in [0, 0.05) is 0 Å². The molecule has 0 heterocycles. The van der Waals surface area contributed by atoms with E-state index in [1.165, 1.54) is 35.1 Å². The highest BCUT2D eigenvalue weighted by Gasteiger charge is 2.20. The number of hydrogen-bond donors (Lipinski definition) is 0. The van der Waals surface area contributed by atoms with Gasteiger partial charge in [-0.15, -0.1) is 0 Å². The Morgan fingerprint density at radius 1 is 0.900 bits per heavy atom. The molecule has 112 valence electrons. The first-order valence-electron chi connectivity index (χ1n) is 7.87. The molecule has 1 rings (SSSR count). The summed E-state index contributed by atoms with van der Waals surface area (Å²) in [6, 6.07) is 7.09. The van der Waals surface area contributed by atoms with Gasteiger partial charge in [0.15, 0.2) is 0 Å². The Morgan fingerprint density at radius 2 is 1.35 bits per heavy atom. The average molecular weight is 272 g/mol. The molecule has 0 unspecified atom stereocenters. The van der Waals surface area contributed by atoms with E-state index in [-0.39, 0.29) is 10.8 Å². The van der Waals surface area contributed by atoms with Crippen LogP contribution in [-0.4, -0.2) is 0 Å². The van der Waals surface area contributed by atoms with E-state index in [9.17, 15) is 0 Å². The maximum atomic E-state index is 2.38. The minimum absolute atomic E-state index is 0.197. The predicted octanol–water partition coefficient (Wildman–Crippen LogP) is 6.49. The second-order valence-corrected chi connectivity index (χ2v) is 8.08. The molecule has 0 N–H and O–H groups in total. The van der Waals surface area contributed by atoms with Crippen LogP contribution >= 0.6 is 0 Å². The fourth-order valence-electron chi connectivity index (χ4n) is 2.35. The predicted molar refractivity (Wildman–Crippen MR) is 92.4 cm³/mol. The Hall–Kier alpha value is -1.04. The van der Waals surface area contributed by atoms with E-state index in [1.54, 1.807) is 0 Å². The third kappa shape index (κ3) is 4.81. The van der Waals surface area contributed by atoms with Gasteiger partial charge in [-0.1, -0.05) is 84.7 Å². The molecule has 1 aromatic rings. The molecule has 20 heavy (non-hydrogen) atoms. The van der Waals surface area contributed by atoms with E-state index in [0.29, 0.717) is 0 Å². The minimum Gasteiger partial charge on any atom is -0.0727 e. The van der Waals surface area contributed by atoms with Crippen molar-refractivity contribution in [3.8, 4) is 0 Å². The molecule has 0 aliphatic rings. The molecule has 0 saturated carbocycles. The van der Waals surface area contributed by atoms with Crippen molar-refractivity contribution in [1.29, 1.82) is 0 Å². The van der Waals surface area contributed by atoms with Gasteiger partial charge in [-0.05, 0) is 40.9 Å². The Balaban J connectivity index is 3.35. The van der Waals surface area contributed by atoms with Crippen LogP contribution in [0.2, 0.25) is 0 Å². The van der Waals surface area contributed by atoms with Crippen LogP contribution in [0.5, 0.6) is 0 Å². The van der Waals surface area contributed by atoms with Crippen LogP contribution < -0.4 is 0 Å². The van der Waals surface area contributed by atoms with E-state index >= 15 is 0 Å². The topological polar surface area (TPSA) is 0 Å². The first kappa shape index (κ1) is 17.0. The van der Waals surface area contributed by atoms with E-state index in [0.717, 1.165) is 0 Å². The number of rotatable bonds is 3. The minimum atomic E-state index is 0.197. The molecule has 1 aromatic carbocycles. The van der Waals surface area contributed by atoms with Gasteiger partial charge < -0.3 is 0 Å². The zero-order valence-electron chi connectivity index (χ0n) is 14.7. The zero-order valence-corrected chi connectivity index (χ0v) is 14.7. The summed E-state index contributed by atoms with van der Waals surface area (Å²) in [5.74, 6) is 0. The summed E-state index contributed by atoms with van der Waals surface area (Å²) >= 11 is 0. The second-order valence-electron chi connectivity index (χ2n) is 8.08. The van der Waals surface area contributed by atoms with Gasteiger partial charge >= 0.3 is 0 Å². The zero-order chi connectivity index (χ0) is 15.6. The SMILES string of the molecule is CCCC(C)=Cc1cc(C(C)(C)C)cc(C(C)(C)C)c1. The molecule has 0 saturated heterocycles. The molecule has 0 fully saturated rings. The van der Waals surface area contributed by atoms with Crippen molar-refractivity contribution in [2.24, 2.45) is 0 Å². The molecule has 0 spiro atoms. The highest BCUT2D eigenvalue weighted by atomic mass is 14.2. The summed E-state index contributed by atoms with van der Waals surface area (Å²) in [5, 5.41) is 0. The molecule has 0 aliphatic heterocycles. The van der Waals surface area contributed by atoms with Crippen molar-refractivity contribution in [3.63, 3.8) is 0 Å². The lowest BCUT2D eigenvalue weighted by Crippen LogP contribution is -2.16. The van der Waals surface area contributed by atoms with Gasteiger partial charge in [-0.2, -0.15) is 0 Å². The number of benzene rings is 1. The average Bonchev–Trinajstić information content (AvgIpc) is 2.26. The van der Waals surface area contributed by atoms with Crippen molar-refractivity contribution in [3.05, 3.63) is 40.5 Å². The summed E-state index contributed by atoms with van der Waals surface area (Å²) in [5.41, 5.74) is 6.08. The maximum absolute atomic E-state index is 2.38. The van der Waals surface area contributed by atoms with Gasteiger partial charge in [0.1, 0.15) is 0 Å². The largest absolute Gasteiger partial charge is 0.0727 e. The third-order valence-electron chi connectivity index (χ3n) is 3.74. The van der Waals surface area contributed by atoms with Gasteiger partial charge in [0.2, 0.25) is 0 Å². The highest BCUT2D eigenvalue weighted by Crippen LogP contribution is 2.31. The Morgan fingerprint density at radius 3 is 1.70 bits per heavy atom. The maximum Gasteiger partial charge on any atom is -0.0132 e. The number of hydrogen-bond acceptors (Lipinski definition) is 0. The first-order valence-corrected chi connectivity index (χ1v) is 7.87. The van der Waals surface area contributed by atoms with Crippen molar-refractivity contribution >= 4 is 6.08 Å². The molecule has 0 nitrogen and oxygen atoms in total. The lowest BCUT2D eigenvalue weighted by atomic mass is 9.79. The second kappa shape index (κ2) is 6.16. The Bertz CT molecular complexity index is 443. The number of allylic oxidation sites excluding steroid dienone is 1. The first-order chi connectivity index (χ1) is 9.04. The molecule has 0 atom stereocenters. The fourth-order valence-corrected chi connectivity index (χ4v) is 2.35. The van der Waals surface area contributed by atoms with Crippen LogP contribution in [0.1, 0.15) is 84.9 Å². The third-order valence-corrected chi connectivity index (χ3v) is 3.74. The van der Waals surface area contributed by atoms with Crippen molar-refractivity contribution < 1.29 is 0 Å². The molecule has 0 amide bonds. The standard InChI is InChI=1S/C20H32/c1-9-10-15(2)11-16-12-17(19(3,4)5)14-18(13-16)20(6,7)8/h11-14H,9-10H2,1-8H3. The molecule has 0 aromatic heterocycles. The molecule has 0 bridgehead atoms. The molecular formula is C20H32. The molecule has 0 aliphatic carbocycles. The summed E-state index contributed by atoms with van der Waals surface area (Å²) in [6.45, 7) is 18.2. The van der Waals surface area contributed by atoms with E-state index in [1.807, 2.05) is 0 Å². The lowest BCUT2D eigenvalue weighted by Gasteiger charge is -2.26. The van der Waals surface area contributed by atoms with E-state index in [2.05, 4.69) is 79.7 Å². The summed E-state index contributed by atoms with van der Waals surface area (Å²) in [4.78, 5) is 0. The fraction of sp³-hybridized carbons (Fsp3) is 0.600. The normalized spacial score (nSPS) is 13.7. The summed E-state index contributed by atoms with van der Waals surface area (Å²) < 4.78 is 0. The van der Waals surface area contributed by atoms with Crippen LogP contribution in [0.4, 0.5) is 0 Å². The van der Waals surface area contributed by atoms with Crippen LogP contribution in [-0.2, 0) is 10.8 Å². The van der Waals surface area contributed by atoms with Crippen molar-refractivity contribution in [2.45, 2.75) is 79.1 Å². The smallest absolute Gasteiger partial charge is 0.0132 e. The monoisotopic (exact) mass is 272 g/mol.